The molecule has 3 rings (SSSR count). The minimum atomic E-state index is -0.574. The van der Waals surface area contributed by atoms with Gasteiger partial charge < -0.3 is 4.90 Å². The van der Waals surface area contributed by atoms with E-state index in [4.69, 9.17) is 0 Å². The van der Waals surface area contributed by atoms with Crippen molar-refractivity contribution in [2.45, 2.75) is 51.0 Å². The molecule has 0 radical (unpaired) electrons. The van der Waals surface area contributed by atoms with Crippen molar-refractivity contribution in [2.75, 3.05) is 6.54 Å². The first-order valence-corrected chi connectivity index (χ1v) is 9.40. The molecule has 1 saturated heterocycles. The van der Waals surface area contributed by atoms with Crippen LogP contribution in [0.1, 0.15) is 55.8 Å². The number of hydrogen-bond donors (Lipinski definition) is 0. The third-order valence-electron chi connectivity index (χ3n) is 5.69. The average Bonchev–Trinajstić information content (AvgIpc) is 3.18. The van der Waals surface area contributed by atoms with Crippen LogP contribution in [0.2, 0.25) is 0 Å². The first kappa shape index (κ1) is 17.7. The van der Waals surface area contributed by atoms with Crippen molar-refractivity contribution in [3.05, 3.63) is 60.3 Å². The number of unbranched alkanes of at least 4 members (excludes halogenated alkanes) is 2. The summed E-state index contributed by atoms with van der Waals surface area (Å²) in [4.78, 5) is 28.4. The van der Waals surface area contributed by atoms with E-state index < -0.39 is 5.54 Å². The molecule has 25 heavy (non-hydrogen) atoms. The summed E-state index contributed by atoms with van der Waals surface area (Å²) < 4.78 is 0. The van der Waals surface area contributed by atoms with Gasteiger partial charge in [-0.15, -0.1) is 6.58 Å². The molecule has 132 valence electrons. The quantitative estimate of drug-likeness (QED) is 0.302. The normalized spacial score (nSPS) is 23.3. The van der Waals surface area contributed by atoms with Gasteiger partial charge in [0.1, 0.15) is 5.54 Å². The lowest BCUT2D eigenvalue weighted by molar-refractivity contribution is -0.124. The van der Waals surface area contributed by atoms with Crippen molar-refractivity contribution < 1.29 is 9.59 Å². The van der Waals surface area contributed by atoms with E-state index in [1.165, 1.54) is 0 Å². The standard InChI is InChI=1S/C22H27NO2/c1-3-5-7-13-18(4-2)22-14-10-15-23(22)16-19(21(22)25)20(24)17-11-8-6-9-12-17/h4,6,8-9,11-12,16,18H,2-3,5,7,10,13-15H2,1H3/t18-,22-/m1/s1. The highest BCUT2D eigenvalue weighted by molar-refractivity contribution is 6.30. The number of ketones is 2. The van der Waals surface area contributed by atoms with Crippen molar-refractivity contribution in [2.24, 2.45) is 5.92 Å². The van der Waals surface area contributed by atoms with Gasteiger partial charge in [0.25, 0.3) is 0 Å². The van der Waals surface area contributed by atoms with Crippen LogP contribution >= 0.6 is 0 Å². The Hall–Kier alpha value is -2.16. The molecule has 3 nitrogen and oxygen atoms in total. The predicted octanol–water partition coefficient (Wildman–Crippen LogP) is 4.55. The monoisotopic (exact) mass is 337 g/mol. The van der Waals surface area contributed by atoms with Gasteiger partial charge in [0, 0.05) is 24.2 Å². The summed E-state index contributed by atoms with van der Waals surface area (Å²) in [5.41, 5.74) is 0.350. The van der Waals surface area contributed by atoms with Gasteiger partial charge in [-0.2, -0.15) is 0 Å². The molecule has 0 spiro atoms. The Bertz CT molecular complexity index is 691. The van der Waals surface area contributed by atoms with Gasteiger partial charge in [-0.1, -0.05) is 62.6 Å². The minimum Gasteiger partial charge on any atom is -0.363 e. The van der Waals surface area contributed by atoms with E-state index in [0.29, 0.717) is 11.1 Å². The highest BCUT2D eigenvalue weighted by atomic mass is 16.2. The van der Waals surface area contributed by atoms with Crippen LogP contribution in [0.15, 0.2) is 54.8 Å². The number of fused-ring (bicyclic) bond motifs is 1. The number of hydrogen-bond acceptors (Lipinski definition) is 3. The van der Waals surface area contributed by atoms with Crippen LogP contribution in [0, 0.1) is 5.92 Å². The third-order valence-corrected chi connectivity index (χ3v) is 5.69. The fraction of sp³-hybridized carbons (Fsp3) is 0.455. The van der Waals surface area contributed by atoms with Crippen LogP contribution in [0.4, 0.5) is 0 Å². The molecule has 0 bridgehead atoms. The summed E-state index contributed by atoms with van der Waals surface area (Å²) in [7, 11) is 0. The summed E-state index contributed by atoms with van der Waals surface area (Å²) in [6, 6.07) is 9.10. The molecule has 0 unspecified atom stereocenters. The fourth-order valence-corrected chi connectivity index (χ4v) is 4.37. The number of carbonyl (C=O) groups is 2. The van der Waals surface area contributed by atoms with Crippen molar-refractivity contribution in [1.82, 2.24) is 4.90 Å². The van der Waals surface area contributed by atoms with E-state index in [1.807, 2.05) is 30.5 Å². The molecule has 1 fully saturated rings. The Labute approximate surface area is 150 Å². The van der Waals surface area contributed by atoms with E-state index in [-0.39, 0.29) is 17.5 Å². The fourth-order valence-electron chi connectivity index (χ4n) is 4.37. The van der Waals surface area contributed by atoms with Crippen molar-refractivity contribution in [1.29, 1.82) is 0 Å². The molecular formula is C22H27NO2. The van der Waals surface area contributed by atoms with E-state index in [2.05, 4.69) is 18.4 Å². The first-order chi connectivity index (χ1) is 12.1. The van der Waals surface area contributed by atoms with Gasteiger partial charge in [-0.05, 0) is 19.3 Å². The molecule has 0 N–H and O–H groups in total. The Balaban J connectivity index is 1.88. The van der Waals surface area contributed by atoms with Crippen LogP contribution in [0.5, 0.6) is 0 Å². The van der Waals surface area contributed by atoms with Crippen LogP contribution in [-0.2, 0) is 4.79 Å². The molecule has 3 heteroatoms. The van der Waals surface area contributed by atoms with Crippen LogP contribution in [0.25, 0.3) is 0 Å². The summed E-state index contributed by atoms with van der Waals surface area (Å²) in [6.45, 7) is 7.04. The molecule has 1 aromatic rings. The Morgan fingerprint density at radius 3 is 2.76 bits per heavy atom. The Morgan fingerprint density at radius 2 is 2.08 bits per heavy atom. The average molecular weight is 337 g/mol. The molecule has 0 aromatic heterocycles. The molecular weight excluding hydrogens is 310 g/mol. The topological polar surface area (TPSA) is 37.4 Å². The van der Waals surface area contributed by atoms with Gasteiger partial charge in [-0.3, -0.25) is 9.59 Å². The van der Waals surface area contributed by atoms with Crippen LogP contribution in [0.3, 0.4) is 0 Å². The summed E-state index contributed by atoms with van der Waals surface area (Å²) >= 11 is 0. The lowest BCUT2D eigenvalue weighted by Gasteiger charge is -2.37. The lowest BCUT2D eigenvalue weighted by atomic mass is 9.75. The molecule has 2 aliphatic heterocycles. The van der Waals surface area contributed by atoms with Crippen LogP contribution in [-0.4, -0.2) is 28.6 Å². The molecule has 1 aromatic carbocycles. The lowest BCUT2D eigenvalue weighted by Crippen LogP contribution is -2.50. The zero-order chi connectivity index (χ0) is 17.9. The largest absolute Gasteiger partial charge is 0.363 e. The molecule has 2 heterocycles. The first-order valence-electron chi connectivity index (χ1n) is 9.40. The number of rotatable bonds is 8. The molecule has 0 aliphatic carbocycles. The SMILES string of the molecule is C=C[C@H](CCCCC)[C@@]12CCCN1C=C(C(=O)c1ccccc1)C2=O. The van der Waals surface area contributed by atoms with Gasteiger partial charge in [0.15, 0.2) is 11.6 Å². The van der Waals surface area contributed by atoms with Crippen molar-refractivity contribution in [3.63, 3.8) is 0 Å². The maximum Gasteiger partial charge on any atom is 0.198 e. The van der Waals surface area contributed by atoms with Crippen molar-refractivity contribution >= 4 is 11.6 Å². The summed E-state index contributed by atoms with van der Waals surface area (Å²) in [5, 5.41) is 0. The number of benzene rings is 1. The second kappa shape index (κ2) is 7.38. The van der Waals surface area contributed by atoms with E-state index in [1.54, 1.807) is 12.1 Å². The Kier molecular flexibility index (Phi) is 5.22. The molecule has 0 amide bonds. The van der Waals surface area contributed by atoms with E-state index >= 15 is 0 Å². The highest BCUT2D eigenvalue weighted by Crippen LogP contribution is 2.46. The summed E-state index contributed by atoms with van der Waals surface area (Å²) in [6.07, 6.45) is 9.95. The van der Waals surface area contributed by atoms with Gasteiger partial charge >= 0.3 is 0 Å². The second-order valence-corrected chi connectivity index (χ2v) is 7.13. The minimum absolute atomic E-state index is 0.000233. The highest BCUT2D eigenvalue weighted by Gasteiger charge is 2.56. The van der Waals surface area contributed by atoms with Crippen molar-refractivity contribution in [3.8, 4) is 0 Å². The third kappa shape index (κ3) is 2.97. The molecule has 2 aliphatic rings. The number of carbonyl (C=O) groups excluding carboxylic acids is 2. The predicted molar refractivity (Wildman–Crippen MR) is 100 cm³/mol. The van der Waals surface area contributed by atoms with Gasteiger partial charge in [0.05, 0.1) is 5.57 Å². The maximum absolute atomic E-state index is 13.4. The molecule has 0 saturated carbocycles. The second-order valence-electron chi connectivity index (χ2n) is 7.13. The van der Waals surface area contributed by atoms with Crippen LogP contribution < -0.4 is 0 Å². The smallest absolute Gasteiger partial charge is 0.198 e. The van der Waals surface area contributed by atoms with Gasteiger partial charge in [-0.25, -0.2) is 0 Å². The summed E-state index contributed by atoms with van der Waals surface area (Å²) in [5.74, 6) is -0.0534. The Morgan fingerprint density at radius 1 is 1.32 bits per heavy atom. The van der Waals surface area contributed by atoms with E-state index in [9.17, 15) is 9.59 Å². The van der Waals surface area contributed by atoms with Gasteiger partial charge in [0.2, 0.25) is 0 Å². The zero-order valence-corrected chi connectivity index (χ0v) is 15.0. The van der Waals surface area contributed by atoms with E-state index in [0.717, 1.165) is 45.1 Å². The maximum atomic E-state index is 13.4. The molecule has 2 atom stereocenters. The number of nitrogens with zero attached hydrogens (tertiary/aromatic N) is 1. The number of Topliss-reactive ketones (excluding diaryl/α,β-unsaturated/α-hetero) is 2. The zero-order valence-electron chi connectivity index (χ0n) is 15.0.